The van der Waals surface area contributed by atoms with Crippen molar-refractivity contribution in [3.8, 4) is 0 Å². The van der Waals surface area contributed by atoms with Crippen LogP contribution in [-0.2, 0) is 35.0 Å². The topological polar surface area (TPSA) is 148 Å². The number of piperidine rings is 1. The fourth-order valence-electron chi connectivity index (χ4n) is 7.29. The van der Waals surface area contributed by atoms with Crippen LogP contribution in [-0.4, -0.2) is 109 Å². The third-order valence-corrected chi connectivity index (χ3v) is 11.8. The molecule has 0 spiro atoms. The zero-order chi connectivity index (χ0) is 40.7. The number of hydrogen-bond acceptors (Lipinski definition) is 10. The number of carbonyl (C=O) groups excluding carboxylic acids is 3. The number of nitrogens with one attached hydrogen (secondary N) is 1. The third-order valence-electron chi connectivity index (χ3n) is 10.9. The highest BCUT2D eigenvalue weighted by Crippen LogP contribution is 2.33. The van der Waals surface area contributed by atoms with Crippen molar-refractivity contribution in [2.45, 2.75) is 110 Å². The van der Waals surface area contributed by atoms with Crippen LogP contribution < -0.4 is 5.32 Å². The number of carboxylic acids is 1. The van der Waals surface area contributed by atoms with E-state index in [0.29, 0.717) is 31.0 Å². The molecule has 2 amide bonds. The number of carbonyl (C=O) groups is 4. The minimum absolute atomic E-state index is 0.0154. The minimum atomic E-state index is -0.982. The number of carboxylic acid groups (broad SMARTS) is 1. The lowest BCUT2D eigenvalue weighted by atomic mass is 9.82. The molecule has 1 aromatic carbocycles. The standard InChI is InChI=1S/C41H63FN4O8S/c1-9-27(4)32(22-36(47)34-12-10-11-17-45(34)6)40(49)46(18-19-52-7)35(26(2)3)23-37(54-25-53-8)39-44-33(24-55-39)38(48)43-31(20-28(5)41(50)51)21-29-13-15-30(42)16-14-29/h13-16,24,26-28,31-32,34-35,37H,9-12,17-23,25H2,1-8H3,(H,43,48)(H,50,51)/t27-,28-,31+,32-,34+,35+,37+/m0/s1. The first-order chi connectivity index (χ1) is 26.2. The van der Waals surface area contributed by atoms with Crippen LogP contribution in [0.2, 0.25) is 0 Å². The Bertz CT molecular complexity index is 1510. The lowest BCUT2D eigenvalue weighted by molar-refractivity contribution is -0.146. The molecule has 12 nitrogen and oxygen atoms in total. The Morgan fingerprint density at radius 1 is 1.07 bits per heavy atom. The first-order valence-corrected chi connectivity index (χ1v) is 20.4. The molecule has 2 aromatic rings. The number of benzene rings is 1. The number of thiazole rings is 1. The minimum Gasteiger partial charge on any atom is -0.481 e. The summed E-state index contributed by atoms with van der Waals surface area (Å²) in [6.45, 7) is 11.2. The number of hydrogen-bond donors (Lipinski definition) is 2. The van der Waals surface area contributed by atoms with E-state index in [1.807, 2.05) is 39.6 Å². The van der Waals surface area contributed by atoms with Gasteiger partial charge in [-0.1, -0.05) is 59.6 Å². The van der Waals surface area contributed by atoms with Gasteiger partial charge in [-0.05, 0) is 68.8 Å². The van der Waals surface area contributed by atoms with Crippen LogP contribution in [0.4, 0.5) is 4.39 Å². The second kappa shape index (κ2) is 23.1. The van der Waals surface area contributed by atoms with Gasteiger partial charge in [-0.3, -0.25) is 24.1 Å². The quantitative estimate of drug-likeness (QED) is 0.115. The van der Waals surface area contributed by atoms with Crippen LogP contribution in [0.5, 0.6) is 0 Å². The van der Waals surface area contributed by atoms with Gasteiger partial charge in [0, 0.05) is 57.0 Å². The predicted octanol–water partition coefficient (Wildman–Crippen LogP) is 6.39. The van der Waals surface area contributed by atoms with E-state index >= 15 is 0 Å². The molecule has 0 aliphatic carbocycles. The molecule has 1 aromatic heterocycles. The Hall–Kier alpha value is -3.30. The Balaban J connectivity index is 1.89. The molecule has 308 valence electrons. The van der Waals surface area contributed by atoms with Crippen LogP contribution in [0.15, 0.2) is 29.6 Å². The van der Waals surface area contributed by atoms with Gasteiger partial charge in [-0.2, -0.15) is 0 Å². The summed E-state index contributed by atoms with van der Waals surface area (Å²) in [5.74, 6) is -3.07. The molecule has 1 saturated heterocycles. The largest absolute Gasteiger partial charge is 0.481 e. The van der Waals surface area contributed by atoms with E-state index in [0.717, 1.165) is 37.8 Å². The second-order valence-corrected chi connectivity index (χ2v) is 16.2. The number of likely N-dealkylation sites (N-methyl/N-ethyl adjacent to an activating group) is 1. The lowest BCUT2D eigenvalue weighted by Crippen LogP contribution is -2.50. The molecule has 0 bridgehead atoms. The van der Waals surface area contributed by atoms with Gasteiger partial charge in [-0.15, -0.1) is 11.3 Å². The van der Waals surface area contributed by atoms with Crippen molar-refractivity contribution in [1.29, 1.82) is 0 Å². The van der Waals surface area contributed by atoms with E-state index in [-0.39, 0.29) is 66.8 Å². The Labute approximate surface area is 330 Å². The summed E-state index contributed by atoms with van der Waals surface area (Å²) in [5.41, 5.74) is 0.902. The van der Waals surface area contributed by atoms with E-state index in [1.165, 1.54) is 30.6 Å². The van der Waals surface area contributed by atoms with Gasteiger partial charge in [-0.25, -0.2) is 9.37 Å². The number of methoxy groups -OCH3 is 2. The number of rotatable bonds is 24. The molecule has 7 atom stereocenters. The average Bonchev–Trinajstić information content (AvgIpc) is 3.65. The summed E-state index contributed by atoms with van der Waals surface area (Å²) in [4.78, 5) is 62.4. The molecule has 1 fully saturated rings. The number of nitrogens with zero attached hydrogens (tertiary/aromatic N) is 3. The third kappa shape index (κ3) is 14.0. The first-order valence-electron chi connectivity index (χ1n) is 19.6. The van der Waals surface area contributed by atoms with Gasteiger partial charge in [0.15, 0.2) is 5.78 Å². The monoisotopic (exact) mass is 790 g/mol. The van der Waals surface area contributed by atoms with Gasteiger partial charge >= 0.3 is 5.97 Å². The summed E-state index contributed by atoms with van der Waals surface area (Å²) in [5, 5.41) is 14.7. The number of ketones is 1. The van der Waals surface area contributed by atoms with Crippen LogP contribution in [0, 0.1) is 29.5 Å². The van der Waals surface area contributed by atoms with Crippen LogP contribution in [0.3, 0.4) is 0 Å². The second-order valence-electron chi connectivity index (χ2n) is 15.3. The number of aliphatic carboxylic acids is 1. The van der Waals surface area contributed by atoms with Crippen molar-refractivity contribution >= 4 is 34.9 Å². The molecule has 2 heterocycles. The van der Waals surface area contributed by atoms with Crippen LogP contribution in [0.1, 0.15) is 107 Å². The first kappa shape index (κ1) is 46.1. The van der Waals surface area contributed by atoms with E-state index in [2.05, 4.69) is 15.2 Å². The van der Waals surface area contributed by atoms with Gasteiger partial charge < -0.3 is 29.5 Å². The van der Waals surface area contributed by atoms with Crippen molar-refractivity contribution in [2.75, 3.05) is 47.8 Å². The molecule has 0 saturated carbocycles. The van der Waals surface area contributed by atoms with Gasteiger partial charge in [0.25, 0.3) is 5.91 Å². The van der Waals surface area contributed by atoms with E-state index in [9.17, 15) is 28.7 Å². The smallest absolute Gasteiger partial charge is 0.306 e. The zero-order valence-electron chi connectivity index (χ0n) is 33.9. The van der Waals surface area contributed by atoms with Gasteiger partial charge in [0.05, 0.1) is 18.6 Å². The lowest BCUT2D eigenvalue weighted by Gasteiger charge is -2.40. The van der Waals surface area contributed by atoms with Gasteiger partial charge in [0.1, 0.15) is 29.4 Å². The fourth-order valence-corrected chi connectivity index (χ4v) is 8.15. The molecule has 0 unspecified atom stereocenters. The SMILES string of the molecule is CC[C@H](C)[C@H](CC(=O)[C@H]1CCCCN1C)C(=O)N(CCOC)[C@H](C[C@@H](OCOC)c1nc(C(=O)N[C@@H](Cc2ccc(F)cc2)C[C@H](C)C(=O)O)cs1)C(C)C. The Morgan fingerprint density at radius 2 is 1.78 bits per heavy atom. The molecule has 3 rings (SSSR count). The van der Waals surface area contributed by atoms with E-state index in [4.69, 9.17) is 14.2 Å². The van der Waals surface area contributed by atoms with Crippen LogP contribution >= 0.6 is 11.3 Å². The Morgan fingerprint density at radius 3 is 2.38 bits per heavy atom. The summed E-state index contributed by atoms with van der Waals surface area (Å²) in [7, 11) is 5.10. The molecule has 0 radical (unpaired) electrons. The number of amides is 2. The molecular weight excluding hydrogens is 728 g/mol. The molecular formula is C41H63FN4O8S. The van der Waals surface area contributed by atoms with Crippen molar-refractivity contribution in [2.24, 2.45) is 23.7 Å². The highest BCUT2D eigenvalue weighted by atomic mass is 32.1. The highest BCUT2D eigenvalue weighted by molar-refractivity contribution is 7.09. The van der Waals surface area contributed by atoms with Gasteiger partial charge in [0.2, 0.25) is 5.91 Å². The molecule has 55 heavy (non-hydrogen) atoms. The van der Waals surface area contributed by atoms with Crippen molar-refractivity contribution in [3.63, 3.8) is 0 Å². The van der Waals surface area contributed by atoms with Crippen molar-refractivity contribution in [1.82, 2.24) is 20.1 Å². The predicted molar refractivity (Wildman–Crippen MR) is 210 cm³/mol. The van der Waals surface area contributed by atoms with E-state index in [1.54, 1.807) is 31.5 Å². The number of ether oxygens (including phenoxy) is 3. The molecule has 1 aliphatic heterocycles. The molecule has 14 heteroatoms. The number of aromatic nitrogens is 1. The maximum atomic E-state index is 14.7. The summed E-state index contributed by atoms with van der Waals surface area (Å²) < 4.78 is 30.5. The summed E-state index contributed by atoms with van der Waals surface area (Å²) in [6, 6.07) is 4.83. The Kier molecular flexibility index (Phi) is 19.3. The van der Waals surface area contributed by atoms with Crippen molar-refractivity contribution in [3.05, 3.63) is 51.7 Å². The fraction of sp³-hybridized carbons (Fsp3) is 0.683. The maximum Gasteiger partial charge on any atom is 0.306 e. The highest BCUT2D eigenvalue weighted by Gasteiger charge is 2.38. The molecule has 1 aliphatic rings. The molecule has 2 N–H and O–H groups in total. The van der Waals surface area contributed by atoms with E-state index < -0.39 is 35.9 Å². The summed E-state index contributed by atoms with van der Waals surface area (Å²) in [6.07, 6.45) is 3.98. The zero-order valence-corrected chi connectivity index (χ0v) is 34.7. The number of likely N-dealkylation sites (tertiary alicyclic amines) is 1. The number of halogens is 1. The summed E-state index contributed by atoms with van der Waals surface area (Å²) >= 11 is 1.25. The van der Waals surface area contributed by atoms with Crippen molar-refractivity contribution < 1.29 is 42.9 Å². The van der Waals surface area contributed by atoms with Crippen LogP contribution in [0.25, 0.3) is 0 Å². The number of Topliss-reactive ketones (excluding diaryl/α,β-unsaturated/α-hetero) is 1. The average molecular weight is 791 g/mol. The normalized spacial score (nSPS) is 18.3. The maximum absolute atomic E-state index is 14.7.